The highest BCUT2D eigenvalue weighted by molar-refractivity contribution is 7.91. The molecule has 0 saturated heterocycles. The Morgan fingerprint density at radius 3 is 2.42 bits per heavy atom. The Morgan fingerprint density at radius 1 is 1.03 bits per heavy atom. The Labute approximate surface area is 191 Å². The van der Waals surface area contributed by atoms with Crippen molar-refractivity contribution in [2.24, 2.45) is 0 Å². The zero-order valence-electron chi connectivity index (χ0n) is 18.2. The highest BCUT2D eigenvalue weighted by Gasteiger charge is 2.16. The third kappa shape index (κ3) is 6.35. The molecule has 168 valence electrons. The van der Waals surface area contributed by atoms with Crippen molar-refractivity contribution in [3.8, 4) is 17.0 Å². The molecule has 2 N–H and O–H groups in total. The average molecular weight is 463 g/mol. The van der Waals surface area contributed by atoms with E-state index in [1.165, 1.54) is 5.56 Å². The molecule has 0 bridgehead atoms. The Balaban J connectivity index is 0.00000341. The first-order chi connectivity index (χ1) is 14.5. The lowest BCUT2D eigenvalue weighted by Gasteiger charge is -2.16. The molecule has 0 saturated carbocycles. The van der Waals surface area contributed by atoms with E-state index in [1.807, 2.05) is 18.2 Å². The van der Waals surface area contributed by atoms with Crippen molar-refractivity contribution in [3.63, 3.8) is 0 Å². The van der Waals surface area contributed by atoms with E-state index in [4.69, 9.17) is 4.74 Å². The highest BCUT2D eigenvalue weighted by Crippen LogP contribution is 2.32. The molecule has 3 aromatic rings. The molecule has 1 atom stereocenters. The number of nitrogens with one attached hydrogen (secondary N) is 2. The summed E-state index contributed by atoms with van der Waals surface area (Å²) in [7, 11) is -1.69. The Bertz CT molecular complexity index is 1070. The first kappa shape index (κ1) is 25.0. The normalized spacial score (nSPS) is 12.2. The van der Waals surface area contributed by atoms with Crippen LogP contribution in [-0.4, -0.2) is 32.3 Å². The van der Waals surface area contributed by atoms with Crippen LogP contribution in [0.25, 0.3) is 11.3 Å². The van der Waals surface area contributed by atoms with Gasteiger partial charge in [0.25, 0.3) is 0 Å². The maximum absolute atomic E-state index is 12.3. The van der Waals surface area contributed by atoms with Gasteiger partial charge in [0.2, 0.25) is 0 Å². The number of methoxy groups -OCH3 is 1. The molecule has 0 aliphatic heterocycles. The summed E-state index contributed by atoms with van der Waals surface area (Å²) in [6.07, 6.45) is 2.02. The molecular weight excluding hydrogens is 432 g/mol. The van der Waals surface area contributed by atoms with Crippen LogP contribution in [0.4, 0.5) is 0 Å². The Morgan fingerprint density at radius 2 is 1.77 bits per heavy atom. The van der Waals surface area contributed by atoms with Gasteiger partial charge in [-0.2, -0.15) is 0 Å². The Kier molecular flexibility index (Phi) is 9.16. The summed E-state index contributed by atoms with van der Waals surface area (Å²) in [4.78, 5) is 3.72. The fourth-order valence-electron chi connectivity index (χ4n) is 3.47. The number of aromatic amines is 1. The lowest BCUT2D eigenvalue weighted by molar-refractivity contribution is 0.416. The smallest absolute Gasteiger partial charge is 0.178 e. The third-order valence-electron chi connectivity index (χ3n) is 5.35. The number of halogens is 1. The van der Waals surface area contributed by atoms with Gasteiger partial charge in [0.1, 0.15) is 5.75 Å². The number of H-pyrrole nitrogens is 1. The van der Waals surface area contributed by atoms with Crippen LogP contribution >= 0.6 is 12.4 Å². The largest absolute Gasteiger partial charge is 0.496 e. The molecule has 5 nitrogen and oxygen atoms in total. The molecule has 7 heteroatoms. The molecule has 3 rings (SSSR count). The van der Waals surface area contributed by atoms with Crippen molar-refractivity contribution in [2.75, 3.05) is 12.9 Å². The minimum absolute atomic E-state index is 0. The van der Waals surface area contributed by atoms with Gasteiger partial charge in [-0.15, -0.1) is 12.4 Å². The summed E-state index contributed by atoms with van der Waals surface area (Å²) in [6, 6.07) is 19.9. The van der Waals surface area contributed by atoms with E-state index >= 15 is 0 Å². The highest BCUT2D eigenvalue weighted by atomic mass is 35.5. The van der Waals surface area contributed by atoms with E-state index in [1.54, 1.807) is 32.2 Å². The van der Waals surface area contributed by atoms with Crippen molar-refractivity contribution < 1.29 is 13.2 Å². The van der Waals surface area contributed by atoms with Crippen molar-refractivity contribution >= 4 is 22.2 Å². The first-order valence-corrected chi connectivity index (χ1v) is 12.0. The first-order valence-electron chi connectivity index (χ1n) is 10.3. The van der Waals surface area contributed by atoms with Gasteiger partial charge in [-0.25, -0.2) is 8.42 Å². The van der Waals surface area contributed by atoms with Crippen LogP contribution in [0.3, 0.4) is 0 Å². The zero-order chi connectivity index (χ0) is 21.6. The van der Waals surface area contributed by atoms with Crippen molar-refractivity contribution in [2.45, 2.75) is 44.2 Å². The van der Waals surface area contributed by atoms with Gasteiger partial charge < -0.3 is 15.0 Å². The van der Waals surface area contributed by atoms with Gasteiger partial charge in [-0.1, -0.05) is 44.2 Å². The molecule has 0 fully saturated rings. The predicted octanol–water partition coefficient (Wildman–Crippen LogP) is 5.02. The molecule has 31 heavy (non-hydrogen) atoms. The van der Waals surface area contributed by atoms with Gasteiger partial charge in [-0.05, 0) is 48.7 Å². The van der Waals surface area contributed by atoms with Gasteiger partial charge >= 0.3 is 0 Å². The standard InChI is InChI=1S/C24H30N2O3S.ClH/c1-4-19(15-18-9-7-6-8-10-18)25-17-20-11-13-23(26-20)22-16-21(30(27,28)5-2)12-14-24(22)29-3;/h6-14,16,19,25-26H,4-5,15,17H2,1-3H3;1H. The van der Waals surface area contributed by atoms with Crippen LogP contribution < -0.4 is 10.1 Å². The summed E-state index contributed by atoms with van der Waals surface area (Å²) in [5, 5.41) is 3.61. The van der Waals surface area contributed by atoms with Crippen molar-refractivity contribution in [3.05, 3.63) is 71.9 Å². The lowest BCUT2D eigenvalue weighted by Crippen LogP contribution is -2.30. The predicted molar refractivity (Wildman–Crippen MR) is 129 cm³/mol. The SMILES string of the molecule is CCC(Cc1ccccc1)NCc1ccc(-c2cc(S(=O)(=O)CC)ccc2OC)[nH]1.Cl. The maximum Gasteiger partial charge on any atom is 0.178 e. The summed E-state index contributed by atoms with van der Waals surface area (Å²) in [5.41, 5.74) is 3.95. The molecule has 0 aliphatic carbocycles. The maximum atomic E-state index is 12.3. The molecular formula is C24H31ClN2O3S. The van der Waals surface area contributed by atoms with Gasteiger partial charge in [0.15, 0.2) is 9.84 Å². The van der Waals surface area contributed by atoms with E-state index in [0.29, 0.717) is 23.2 Å². The van der Waals surface area contributed by atoms with Crippen LogP contribution in [0.1, 0.15) is 31.5 Å². The van der Waals surface area contributed by atoms with E-state index < -0.39 is 9.84 Å². The number of hydrogen-bond donors (Lipinski definition) is 2. The second-order valence-corrected chi connectivity index (χ2v) is 9.62. The van der Waals surface area contributed by atoms with Crippen molar-refractivity contribution in [1.82, 2.24) is 10.3 Å². The lowest BCUT2D eigenvalue weighted by atomic mass is 10.0. The molecule has 0 amide bonds. The third-order valence-corrected chi connectivity index (χ3v) is 7.08. The van der Waals surface area contributed by atoms with Crippen molar-refractivity contribution in [1.29, 1.82) is 0 Å². The van der Waals surface area contributed by atoms with E-state index in [9.17, 15) is 8.42 Å². The minimum atomic E-state index is -3.28. The van der Waals surface area contributed by atoms with Crippen LogP contribution in [0.2, 0.25) is 0 Å². The number of benzene rings is 2. The quantitative estimate of drug-likeness (QED) is 0.444. The number of hydrogen-bond acceptors (Lipinski definition) is 4. The zero-order valence-corrected chi connectivity index (χ0v) is 19.9. The second-order valence-electron chi connectivity index (χ2n) is 7.34. The van der Waals surface area contributed by atoms with Gasteiger partial charge in [0, 0.05) is 29.5 Å². The van der Waals surface area contributed by atoms with E-state index in [2.05, 4.69) is 41.5 Å². The second kappa shape index (κ2) is 11.4. The van der Waals surface area contributed by atoms with E-state index in [0.717, 1.165) is 29.8 Å². The minimum Gasteiger partial charge on any atom is -0.496 e. The number of aromatic nitrogens is 1. The van der Waals surface area contributed by atoms with Crippen LogP contribution in [-0.2, 0) is 22.8 Å². The monoisotopic (exact) mass is 462 g/mol. The van der Waals surface area contributed by atoms with Gasteiger partial charge in [-0.3, -0.25) is 0 Å². The summed E-state index contributed by atoms with van der Waals surface area (Å²) < 4.78 is 30.0. The number of ether oxygens (including phenoxy) is 1. The summed E-state index contributed by atoms with van der Waals surface area (Å²) in [5.74, 6) is 0.709. The van der Waals surface area contributed by atoms with Crippen LogP contribution in [0.5, 0.6) is 5.75 Å². The molecule has 0 spiro atoms. The molecule has 1 unspecified atom stereocenters. The summed E-state index contributed by atoms with van der Waals surface area (Å²) >= 11 is 0. The molecule has 0 radical (unpaired) electrons. The van der Waals surface area contributed by atoms with Gasteiger partial charge in [0.05, 0.1) is 17.8 Å². The number of rotatable bonds is 10. The molecule has 1 aromatic heterocycles. The molecule has 2 aromatic carbocycles. The topological polar surface area (TPSA) is 71.2 Å². The molecule has 0 aliphatic rings. The summed E-state index contributed by atoms with van der Waals surface area (Å²) in [6.45, 7) is 4.54. The fourth-order valence-corrected chi connectivity index (χ4v) is 4.38. The van der Waals surface area contributed by atoms with Crippen LogP contribution in [0.15, 0.2) is 65.6 Å². The molecule has 1 heterocycles. The average Bonchev–Trinajstić information content (AvgIpc) is 3.25. The fraction of sp³-hybridized carbons (Fsp3) is 0.333. The van der Waals surface area contributed by atoms with Crippen LogP contribution in [0, 0.1) is 0 Å². The Hall–Kier alpha value is -2.28. The number of sulfone groups is 1. The van der Waals surface area contributed by atoms with E-state index in [-0.39, 0.29) is 18.2 Å².